The number of hydrogen-bond acceptors (Lipinski definition) is 46. The lowest BCUT2D eigenvalue weighted by molar-refractivity contribution is -0.193. The number of amides is 6. The fraction of sp³-hybridized carbons (Fsp3) is 0.684. The number of methoxy groups -OCH3 is 3. The van der Waals surface area contributed by atoms with Gasteiger partial charge in [0.25, 0.3) is 0 Å². The van der Waals surface area contributed by atoms with Crippen LogP contribution in [0, 0.1) is 0 Å². The molecule has 6 aromatic rings. The fourth-order valence-electron chi connectivity index (χ4n) is 13.3. The van der Waals surface area contributed by atoms with Crippen LogP contribution in [0.3, 0.4) is 0 Å². The Balaban J connectivity index is 0.000000239. The predicted molar refractivity (Wildman–Crippen MR) is 489 cm³/mol. The van der Waals surface area contributed by atoms with E-state index in [1.165, 1.54) is 57.5 Å². The average Bonchev–Trinajstić information content (AvgIpc) is 1.58. The number of carbonyl (C=O) groups excluding carboxylic acids is 9. The molecule has 6 amide bonds. The van der Waals surface area contributed by atoms with Gasteiger partial charge < -0.3 is 119 Å². The first-order chi connectivity index (χ1) is 63.6. The van der Waals surface area contributed by atoms with Gasteiger partial charge in [-0.25, -0.2) is 83.0 Å². The van der Waals surface area contributed by atoms with E-state index in [-0.39, 0.29) is 69.0 Å². The fourth-order valence-corrected chi connectivity index (χ4v) is 20.1. The molecular weight excluding hydrogens is 1950 g/mol. The number of fused-ring (bicyclic) bond motifs is 5. The summed E-state index contributed by atoms with van der Waals surface area (Å²) in [5, 5.41) is 21.4. The van der Waals surface area contributed by atoms with Crippen LogP contribution in [-0.4, -0.2) is 320 Å². The normalized spacial score (nSPS) is 22.3. The summed E-state index contributed by atoms with van der Waals surface area (Å²) in [5.74, 6) is -5.14. The molecule has 5 fully saturated rings. The molecule has 5 aliphatic rings. The number of imidazole rings is 3. The topological polar surface area (TPSA) is 647 Å². The molecule has 0 aromatic carbocycles. The number of rotatable bonds is 23. The largest absolute Gasteiger partial charge is 0.484 e. The lowest BCUT2D eigenvalue weighted by atomic mass is 10.1. The van der Waals surface area contributed by atoms with Crippen LogP contribution in [0.2, 0.25) is 0 Å². The van der Waals surface area contributed by atoms with Gasteiger partial charge in [-0.3, -0.25) is 32.4 Å². The van der Waals surface area contributed by atoms with Crippen LogP contribution in [0.5, 0.6) is 0 Å². The molecule has 0 spiro atoms. The zero-order valence-corrected chi connectivity index (χ0v) is 86.4. The number of carbonyl (C=O) groups is 9. The highest BCUT2D eigenvalue weighted by Crippen LogP contribution is 2.58. The third-order valence-electron chi connectivity index (χ3n) is 18.6. The molecule has 768 valence electrons. The van der Waals surface area contributed by atoms with Crippen molar-refractivity contribution in [1.82, 2.24) is 58.6 Å². The van der Waals surface area contributed by atoms with Crippen molar-refractivity contribution in [3.63, 3.8) is 0 Å². The molecule has 2 unspecified atom stereocenters. The van der Waals surface area contributed by atoms with Crippen molar-refractivity contribution in [3.05, 3.63) is 43.5 Å². The number of thiol groups is 1. The van der Waals surface area contributed by atoms with Crippen molar-refractivity contribution < 1.29 is 176 Å². The van der Waals surface area contributed by atoms with Gasteiger partial charge in [0.05, 0.1) is 58.6 Å². The van der Waals surface area contributed by atoms with E-state index in [0.29, 0.717) is 33.0 Å². The Bertz CT molecular complexity index is 5520. The molecule has 6 aromatic heterocycles. The summed E-state index contributed by atoms with van der Waals surface area (Å²) >= 11 is 5.87. The summed E-state index contributed by atoms with van der Waals surface area (Å²) in [4.78, 5) is 173. The molecular formula is C79H118N17O36P3S3. The number of anilines is 3. The van der Waals surface area contributed by atoms with Gasteiger partial charge in [0.15, 0.2) is 81.2 Å². The molecule has 5 aliphatic heterocycles. The van der Waals surface area contributed by atoms with Crippen LogP contribution in [0.1, 0.15) is 171 Å². The molecule has 11 heterocycles. The van der Waals surface area contributed by atoms with Crippen LogP contribution >= 0.6 is 58.9 Å². The number of aliphatic hydroxyl groups is 2. The minimum atomic E-state index is -4.92. The number of hydrogen-bond donors (Lipinski definition) is 5. The molecule has 53 nitrogen and oxygen atoms in total. The maximum Gasteiger partial charge on any atom is 0.484 e. The molecule has 138 heavy (non-hydrogen) atoms. The standard InChI is InChI=1S/C28H42N5O12PS.C23H34N5O12PS.C23H33N5O7S.C5H9N2O5P/c1-26(2,3)44-24(35)33(25(36)45-27(4,5)6)20-16-19(29-13-30-20)32(14-31-16)21-18-17(42-28(7,8)43-18)15(41-21)12-47-23(22(34)38-9)46(37,39-10)40-11;1-22(2,3)39-20(32)28(21(33)40-23(4,5)6)16-12-15(24-9-25-16)27(10-26-12)17-14(30)13(29)11(38-17)8-42-19(18(31)37-7)41(34,35)36;1-21(2,3)34-19(29)28(20(30)35-22(4,5)6)17-13-16(24-10-25-17)27(11-26-13)18-15-14(12(9-36)31-18)32-23(7,8)33-15;1-10-5(8)4(7-6)13(9,11-2)12-3/h13-15,17-18,21,23H,12H2,1-11H3;9-11,13-14,17,19,29-30H,8H2,1-7H3,(H2,34,35,36);10-12,14-15,18,36H,9H2,1-8H3;1-3H3/t15-,17-,18-,21-,23?;11-,13-,14-,17-,19?;12-,14-,15-,18-;/m111./s1. The van der Waals surface area contributed by atoms with E-state index in [2.05, 4.69) is 80.8 Å². The van der Waals surface area contributed by atoms with E-state index < -0.39 is 199 Å². The predicted octanol–water partition coefficient (Wildman–Crippen LogP) is 10.3. The first kappa shape index (κ1) is 114. The van der Waals surface area contributed by atoms with Gasteiger partial charge in [0, 0.05) is 45.7 Å². The number of imide groups is 3. The van der Waals surface area contributed by atoms with Gasteiger partial charge in [0.2, 0.25) is 9.98 Å². The highest BCUT2D eigenvalue weighted by molar-refractivity contribution is 8.06. The SMILES string of the molecule is CC(C)(C)OC(=O)N(C(=O)OC(C)(C)C)c1ncnc2c1ncn2[C@@H]1O[C@H](CS)[C@H]2OC(C)(C)O[C@H]21.COC(=O)C(=[N+]=[N-])P(=O)(OC)OC.COC(=O)C(SC[C@H]1O[C@@H](n2cnc3c(N(C(=O)OC(C)(C)C)C(=O)OC(C)(C)C)ncnc32)[C@@H]2OC(C)(C)O[C@@H]21)P(=O)(OC)OC.COC(=O)C(SC[C@H]1O[C@@H](n2cnc3c(N(C(=O)OC(C)(C)C)C(=O)OC(C)(C)C)ncnc32)[C@H](O)[C@@H]1O)P(=O)(O)O. The summed E-state index contributed by atoms with van der Waals surface area (Å²) < 4.78 is 149. The zero-order valence-electron chi connectivity index (χ0n) is 81.2. The minimum absolute atomic E-state index is 0.00988. The van der Waals surface area contributed by atoms with Crippen molar-refractivity contribution in [2.24, 2.45) is 0 Å². The van der Waals surface area contributed by atoms with E-state index in [9.17, 15) is 76.8 Å². The number of aromatic nitrogens is 12. The summed E-state index contributed by atoms with van der Waals surface area (Å²) in [7, 11) is -4.97. The monoisotopic (exact) mass is 2070 g/mol. The first-order valence-electron chi connectivity index (χ1n) is 41.8. The smallest absolute Gasteiger partial charge is 0.468 e. The zero-order chi connectivity index (χ0) is 104. The van der Waals surface area contributed by atoms with E-state index in [0.717, 1.165) is 51.4 Å². The van der Waals surface area contributed by atoms with Crippen molar-refractivity contribution in [3.8, 4) is 0 Å². The highest BCUT2D eigenvalue weighted by Gasteiger charge is 2.59. The summed E-state index contributed by atoms with van der Waals surface area (Å²) in [6.07, 6.45) is -8.84. The third kappa shape index (κ3) is 28.0. The van der Waals surface area contributed by atoms with Gasteiger partial charge in [-0.15, -0.1) is 28.3 Å². The second-order valence-corrected chi connectivity index (χ2v) is 46.6. The summed E-state index contributed by atoms with van der Waals surface area (Å²) in [6.45, 7) is 36.9. The molecule has 14 atom stereocenters. The van der Waals surface area contributed by atoms with Crippen LogP contribution < -0.4 is 14.7 Å². The summed E-state index contributed by atoms with van der Waals surface area (Å²) in [6, 6.07) is 0. The lowest BCUT2D eigenvalue weighted by Crippen LogP contribution is -2.44. The molecule has 0 aliphatic carbocycles. The first-order valence-corrected chi connectivity index (χ1v) is 49.3. The molecule has 0 bridgehead atoms. The van der Waals surface area contributed by atoms with Gasteiger partial charge in [-0.05, 0) is 152 Å². The quantitative estimate of drug-likeness (QED) is 0.00756. The Morgan fingerprint density at radius 1 is 0.442 bits per heavy atom. The lowest BCUT2D eigenvalue weighted by Gasteiger charge is -2.28. The van der Waals surface area contributed by atoms with Crippen molar-refractivity contribution in [1.29, 1.82) is 0 Å². The number of esters is 3. The van der Waals surface area contributed by atoms with Gasteiger partial charge >= 0.3 is 82.7 Å². The number of ether oxygens (including phenoxy) is 16. The van der Waals surface area contributed by atoms with Crippen LogP contribution in [0.25, 0.3) is 39.0 Å². The van der Waals surface area contributed by atoms with Gasteiger partial charge in [-0.1, -0.05) is 0 Å². The minimum Gasteiger partial charge on any atom is -0.468 e. The van der Waals surface area contributed by atoms with Crippen molar-refractivity contribution in [2.45, 2.75) is 281 Å². The molecule has 5 saturated heterocycles. The molecule has 0 radical (unpaired) electrons. The number of aliphatic hydroxyl groups excluding tert-OH is 2. The summed E-state index contributed by atoms with van der Waals surface area (Å²) in [5.41, 5.74) is 2.69. The van der Waals surface area contributed by atoms with Crippen molar-refractivity contribution >= 4 is 170 Å². The number of thioether (sulfide) groups is 2. The second-order valence-electron chi connectivity index (χ2n) is 37.1. The number of nitrogens with zero attached hydrogens (tertiary/aromatic N) is 17. The molecule has 11 rings (SSSR count). The van der Waals surface area contributed by atoms with E-state index >= 15 is 0 Å². The Labute approximate surface area is 806 Å². The Morgan fingerprint density at radius 2 is 0.739 bits per heavy atom. The Morgan fingerprint density at radius 3 is 1.04 bits per heavy atom. The van der Waals surface area contributed by atoms with Crippen LogP contribution in [0.4, 0.5) is 46.2 Å². The maximum absolute atomic E-state index is 13.3. The molecule has 0 saturated carbocycles. The second kappa shape index (κ2) is 44.5. The van der Waals surface area contributed by atoms with Crippen LogP contribution in [0.15, 0.2) is 38.0 Å². The Kier molecular flexibility index (Phi) is 36.8. The van der Waals surface area contributed by atoms with Crippen LogP contribution in [-0.2, 0) is 122 Å². The van der Waals surface area contributed by atoms with E-state index in [1.807, 2.05) is 13.8 Å². The average molecular weight is 2070 g/mol. The Hall–Kier alpha value is -9.20. The van der Waals surface area contributed by atoms with E-state index in [4.69, 9.17) is 80.9 Å². The van der Waals surface area contributed by atoms with Gasteiger partial charge in [-0.2, -0.15) is 27.3 Å². The maximum atomic E-state index is 13.3. The molecule has 59 heteroatoms. The van der Waals surface area contributed by atoms with Crippen molar-refractivity contribution in [2.75, 3.05) is 81.7 Å². The third-order valence-corrected chi connectivity index (χ3v) is 27.9. The van der Waals surface area contributed by atoms with E-state index in [1.54, 1.807) is 148 Å². The highest BCUT2D eigenvalue weighted by atomic mass is 32.2. The van der Waals surface area contributed by atoms with Gasteiger partial charge in [0.1, 0.15) is 89.2 Å². The molecule has 4 N–H and O–H groups in total.